The Morgan fingerprint density at radius 2 is 2.27 bits per heavy atom. The van der Waals surface area contributed by atoms with Crippen LogP contribution in [0.3, 0.4) is 0 Å². The quantitative estimate of drug-likeness (QED) is 0.545. The van der Waals surface area contributed by atoms with Gasteiger partial charge in [-0.25, -0.2) is 9.98 Å². The number of aromatic nitrogens is 2. The predicted octanol–water partition coefficient (Wildman–Crippen LogP) is 2.99. The average molecular weight is 219 g/mol. The summed E-state index contributed by atoms with van der Waals surface area (Å²) in [5.74, 6) is 0. The molecule has 1 heterocycles. The van der Waals surface area contributed by atoms with E-state index >= 15 is 0 Å². The van der Waals surface area contributed by atoms with Crippen LogP contribution >= 0.6 is 11.8 Å². The van der Waals surface area contributed by atoms with E-state index in [4.69, 9.17) is 0 Å². The van der Waals surface area contributed by atoms with E-state index in [9.17, 15) is 0 Å². The van der Waals surface area contributed by atoms with Crippen molar-refractivity contribution in [2.24, 2.45) is 12.0 Å². The average Bonchev–Trinajstić information content (AvgIpc) is 2.60. The number of benzene rings is 1. The molecule has 1 aromatic heterocycles. The monoisotopic (exact) mass is 219 g/mol. The highest BCUT2D eigenvalue weighted by molar-refractivity contribution is 8.13. The Morgan fingerprint density at radius 3 is 3.00 bits per heavy atom. The molecule has 0 bridgehead atoms. The molecule has 4 heteroatoms. The van der Waals surface area contributed by atoms with Gasteiger partial charge in [-0.15, -0.1) is 11.8 Å². The molecular formula is C11H13N3S. The normalized spacial score (nSPS) is 12.3. The first kappa shape index (κ1) is 10.2. The van der Waals surface area contributed by atoms with Crippen LogP contribution in [0.25, 0.3) is 11.0 Å². The third kappa shape index (κ3) is 2.04. The van der Waals surface area contributed by atoms with E-state index in [0.29, 0.717) is 0 Å². The van der Waals surface area contributed by atoms with Crippen molar-refractivity contribution >= 4 is 33.5 Å². The lowest BCUT2D eigenvalue weighted by atomic mass is 10.3. The molecule has 0 radical (unpaired) electrons. The smallest absolute Gasteiger partial charge is 0.0955 e. The van der Waals surface area contributed by atoms with Gasteiger partial charge in [0.25, 0.3) is 0 Å². The van der Waals surface area contributed by atoms with Gasteiger partial charge in [-0.2, -0.15) is 0 Å². The van der Waals surface area contributed by atoms with Gasteiger partial charge in [-0.1, -0.05) is 0 Å². The standard InChI is InChI=1S/C11H13N3S/c1-8(15-3)13-9-4-5-10-11(6-9)14(2)7-12-10/h4-7H,1-3H3/b13-8-. The molecule has 0 aliphatic heterocycles. The van der Waals surface area contributed by atoms with Gasteiger partial charge >= 0.3 is 0 Å². The lowest BCUT2D eigenvalue weighted by Crippen LogP contribution is -1.84. The molecular weight excluding hydrogens is 206 g/mol. The second-order valence-electron chi connectivity index (χ2n) is 3.36. The SMILES string of the molecule is CS/C(C)=N\c1ccc2ncn(C)c2c1. The fourth-order valence-electron chi connectivity index (χ4n) is 1.41. The first-order valence-electron chi connectivity index (χ1n) is 4.71. The van der Waals surface area contributed by atoms with E-state index in [1.807, 2.05) is 43.3 Å². The van der Waals surface area contributed by atoms with Crippen LogP contribution in [0.2, 0.25) is 0 Å². The molecule has 0 fully saturated rings. The highest BCUT2D eigenvalue weighted by Gasteiger charge is 2.00. The zero-order valence-corrected chi connectivity index (χ0v) is 9.88. The highest BCUT2D eigenvalue weighted by atomic mass is 32.2. The minimum atomic E-state index is 0.984. The third-order valence-electron chi connectivity index (χ3n) is 2.29. The van der Waals surface area contributed by atoms with Gasteiger partial charge in [-0.05, 0) is 31.4 Å². The lowest BCUT2D eigenvalue weighted by molar-refractivity contribution is 0.947. The summed E-state index contributed by atoms with van der Waals surface area (Å²) in [6, 6.07) is 6.05. The third-order valence-corrected chi connectivity index (χ3v) is 2.97. The predicted molar refractivity (Wildman–Crippen MR) is 67.0 cm³/mol. The summed E-state index contributed by atoms with van der Waals surface area (Å²) in [6.45, 7) is 2.01. The molecule has 2 rings (SSSR count). The number of hydrogen-bond donors (Lipinski definition) is 0. The first-order chi connectivity index (χ1) is 7.20. The van der Waals surface area contributed by atoms with Gasteiger partial charge in [0.05, 0.1) is 28.1 Å². The Balaban J connectivity index is 2.50. The molecule has 15 heavy (non-hydrogen) atoms. The fourth-order valence-corrected chi connectivity index (χ4v) is 1.61. The van der Waals surface area contributed by atoms with Crippen molar-refractivity contribution in [3.05, 3.63) is 24.5 Å². The molecule has 0 unspecified atom stereocenters. The summed E-state index contributed by atoms with van der Waals surface area (Å²) in [5, 5.41) is 1.07. The zero-order valence-electron chi connectivity index (χ0n) is 9.06. The van der Waals surface area contributed by atoms with E-state index < -0.39 is 0 Å². The number of aliphatic imine (C=N–C) groups is 1. The fraction of sp³-hybridized carbons (Fsp3) is 0.273. The number of nitrogens with zero attached hydrogens (tertiary/aromatic N) is 3. The molecule has 0 amide bonds. The van der Waals surface area contributed by atoms with E-state index in [1.165, 1.54) is 0 Å². The molecule has 0 aliphatic rings. The van der Waals surface area contributed by atoms with Crippen molar-refractivity contribution in [2.75, 3.05) is 6.26 Å². The number of aryl methyl sites for hydroxylation is 1. The van der Waals surface area contributed by atoms with Crippen molar-refractivity contribution in [3.8, 4) is 0 Å². The van der Waals surface area contributed by atoms with Gasteiger partial charge in [0.1, 0.15) is 0 Å². The second-order valence-corrected chi connectivity index (χ2v) is 4.36. The minimum absolute atomic E-state index is 0.984. The Morgan fingerprint density at radius 1 is 1.47 bits per heavy atom. The molecule has 0 aliphatic carbocycles. The van der Waals surface area contributed by atoms with Gasteiger partial charge in [0, 0.05) is 7.05 Å². The topological polar surface area (TPSA) is 30.2 Å². The van der Waals surface area contributed by atoms with Gasteiger partial charge in [0.15, 0.2) is 0 Å². The number of hydrogen-bond acceptors (Lipinski definition) is 3. The first-order valence-corrected chi connectivity index (χ1v) is 5.93. The Bertz CT molecular complexity index is 514. The number of rotatable bonds is 1. The second kappa shape index (κ2) is 4.06. The van der Waals surface area contributed by atoms with Crippen LogP contribution in [-0.2, 0) is 7.05 Å². The molecule has 0 saturated heterocycles. The van der Waals surface area contributed by atoms with Crippen LogP contribution in [0.4, 0.5) is 5.69 Å². The highest BCUT2D eigenvalue weighted by Crippen LogP contribution is 2.20. The number of fused-ring (bicyclic) bond motifs is 1. The van der Waals surface area contributed by atoms with E-state index in [2.05, 4.69) is 16.0 Å². The Labute approximate surface area is 93.2 Å². The van der Waals surface area contributed by atoms with Crippen LogP contribution in [0, 0.1) is 0 Å². The summed E-state index contributed by atoms with van der Waals surface area (Å²) >= 11 is 1.66. The summed E-state index contributed by atoms with van der Waals surface area (Å²) in [4.78, 5) is 8.75. The maximum atomic E-state index is 4.49. The maximum absolute atomic E-state index is 4.49. The summed E-state index contributed by atoms with van der Waals surface area (Å²) in [7, 11) is 1.99. The molecule has 0 N–H and O–H groups in total. The molecule has 0 saturated carbocycles. The maximum Gasteiger partial charge on any atom is 0.0955 e. The van der Waals surface area contributed by atoms with Crippen molar-refractivity contribution in [1.29, 1.82) is 0 Å². The Hall–Kier alpha value is -1.29. The van der Waals surface area contributed by atoms with Crippen molar-refractivity contribution in [1.82, 2.24) is 9.55 Å². The minimum Gasteiger partial charge on any atom is -0.334 e. The molecule has 2 aromatic rings. The van der Waals surface area contributed by atoms with Crippen LogP contribution in [0.5, 0.6) is 0 Å². The van der Waals surface area contributed by atoms with Crippen molar-refractivity contribution < 1.29 is 0 Å². The van der Waals surface area contributed by atoms with Crippen LogP contribution in [0.1, 0.15) is 6.92 Å². The summed E-state index contributed by atoms with van der Waals surface area (Å²) < 4.78 is 2.00. The van der Waals surface area contributed by atoms with E-state index in [0.717, 1.165) is 21.8 Å². The van der Waals surface area contributed by atoms with Crippen LogP contribution in [-0.4, -0.2) is 20.9 Å². The molecule has 3 nitrogen and oxygen atoms in total. The lowest BCUT2D eigenvalue weighted by Gasteiger charge is -1.98. The number of thioether (sulfide) groups is 1. The molecule has 0 spiro atoms. The summed E-state index contributed by atoms with van der Waals surface area (Å²) in [6.07, 6.45) is 3.85. The number of imidazole rings is 1. The zero-order chi connectivity index (χ0) is 10.8. The van der Waals surface area contributed by atoms with Crippen molar-refractivity contribution in [2.45, 2.75) is 6.92 Å². The molecule has 78 valence electrons. The summed E-state index contributed by atoms with van der Waals surface area (Å²) in [5.41, 5.74) is 3.11. The van der Waals surface area contributed by atoms with Crippen molar-refractivity contribution in [3.63, 3.8) is 0 Å². The molecule has 1 aromatic carbocycles. The van der Waals surface area contributed by atoms with Crippen LogP contribution in [0.15, 0.2) is 29.5 Å². The van der Waals surface area contributed by atoms with E-state index in [1.54, 1.807) is 11.8 Å². The van der Waals surface area contributed by atoms with E-state index in [-0.39, 0.29) is 0 Å². The van der Waals surface area contributed by atoms with Gasteiger partial charge < -0.3 is 4.57 Å². The van der Waals surface area contributed by atoms with Gasteiger partial charge in [0.2, 0.25) is 0 Å². The van der Waals surface area contributed by atoms with Crippen LogP contribution < -0.4 is 0 Å². The van der Waals surface area contributed by atoms with Gasteiger partial charge in [-0.3, -0.25) is 0 Å². The Kier molecular flexibility index (Phi) is 2.77. The molecule has 0 atom stereocenters. The largest absolute Gasteiger partial charge is 0.334 e.